The van der Waals surface area contributed by atoms with Crippen LogP contribution < -0.4 is 11.1 Å². The Morgan fingerprint density at radius 2 is 1.76 bits per heavy atom. The SMILES string of the molecule is CC(CN)(NC(=O)c1ccc(-c2ccc(F)cc2)cc1F)C1CC1.Cl. The van der Waals surface area contributed by atoms with Gasteiger partial charge in [0.15, 0.2) is 0 Å². The molecule has 25 heavy (non-hydrogen) atoms. The van der Waals surface area contributed by atoms with Crippen LogP contribution in [0.1, 0.15) is 30.1 Å². The third-order valence-corrected chi connectivity index (χ3v) is 4.69. The Bertz CT molecular complexity index is 763. The first-order chi connectivity index (χ1) is 11.4. The summed E-state index contributed by atoms with van der Waals surface area (Å²) in [7, 11) is 0. The molecule has 3 nitrogen and oxygen atoms in total. The molecule has 0 aliphatic heterocycles. The molecule has 3 N–H and O–H groups in total. The summed E-state index contributed by atoms with van der Waals surface area (Å²) in [6.45, 7) is 2.21. The predicted octanol–water partition coefficient (Wildman–Crippen LogP) is 3.91. The second kappa shape index (κ2) is 7.50. The van der Waals surface area contributed by atoms with Gasteiger partial charge in [0.2, 0.25) is 0 Å². The van der Waals surface area contributed by atoms with Gasteiger partial charge in [-0.3, -0.25) is 4.79 Å². The molecule has 3 rings (SSSR count). The molecule has 1 saturated carbocycles. The van der Waals surface area contributed by atoms with Crippen molar-refractivity contribution in [2.75, 3.05) is 6.54 Å². The molecule has 1 atom stereocenters. The van der Waals surface area contributed by atoms with Crippen LogP contribution in [0.5, 0.6) is 0 Å². The van der Waals surface area contributed by atoms with Gasteiger partial charge in [-0.05, 0) is 61.1 Å². The zero-order valence-electron chi connectivity index (χ0n) is 13.9. The molecule has 0 saturated heterocycles. The molecule has 0 aromatic heterocycles. The first-order valence-electron chi connectivity index (χ1n) is 8.01. The fourth-order valence-corrected chi connectivity index (χ4v) is 2.89. The summed E-state index contributed by atoms with van der Waals surface area (Å²) in [4.78, 5) is 12.4. The molecule has 1 fully saturated rings. The minimum atomic E-state index is -0.607. The van der Waals surface area contributed by atoms with Gasteiger partial charge in [0.25, 0.3) is 5.91 Å². The Balaban J connectivity index is 0.00000225. The van der Waals surface area contributed by atoms with Gasteiger partial charge in [-0.1, -0.05) is 18.2 Å². The summed E-state index contributed by atoms with van der Waals surface area (Å²) in [6.07, 6.45) is 2.06. The van der Waals surface area contributed by atoms with E-state index >= 15 is 0 Å². The van der Waals surface area contributed by atoms with Gasteiger partial charge >= 0.3 is 0 Å². The molecule has 2 aromatic carbocycles. The summed E-state index contributed by atoms with van der Waals surface area (Å²) in [5.41, 5.74) is 6.55. The number of rotatable bonds is 5. The van der Waals surface area contributed by atoms with E-state index in [2.05, 4.69) is 5.32 Å². The smallest absolute Gasteiger partial charge is 0.254 e. The standard InChI is InChI=1S/C19H20F2N2O.ClH/c1-19(11-22,14-5-6-14)23-18(24)16-9-4-13(10-17(16)21)12-2-7-15(20)8-3-12;/h2-4,7-10,14H,5-6,11,22H2,1H3,(H,23,24);1H. The summed E-state index contributed by atoms with van der Waals surface area (Å²) in [5.74, 6) is -1.06. The average molecular weight is 367 g/mol. The Labute approximate surface area is 152 Å². The number of nitrogens with two attached hydrogens (primary N) is 1. The van der Waals surface area contributed by atoms with Gasteiger partial charge in [-0.25, -0.2) is 8.78 Å². The number of carbonyl (C=O) groups is 1. The Morgan fingerprint density at radius 1 is 1.16 bits per heavy atom. The molecule has 0 bridgehead atoms. The highest BCUT2D eigenvalue weighted by atomic mass is 35.5. The van der Waals surface area contributed by atoms with Crippen molar-refractivity contribution in [2.45, 2.75) is 25.3 Å². The monoisotopic (exact) mass is 366 g/mol. The lowest BCUT2D eigenvalue weighted by molar-refractivity contribution is 0.0893. The van der Waals surface area contributed by atoms with Crippen LogP contribution in [-0.2, 0) is 0 Å². The summed E-state index contributed by atoms with van der Waals surface area (Å²) in [5, 5.41) is 2.88. The van der Waals surface area contributed by atoms with E-state index < -0.39 is 17.3 Å². The lowest BCUT2D eigenvalue weighted by Gasteiger charge is -2.29. The van der Waals surface area contributed by atoms with Crippen molar-refractivity contribution >= 4 is 18.3 Å². The van der Waals surface area contributed by atoms with E-state index in [9.17, 15) is 13.6 Å². The average Bonchev–Trinajstić information content (AvgIpc) is 3.40. The van der Waals surface area contributed by atoms with Crippen LogP contribution in [0.25, 0.3) is 11.1 Å². The lowest BCUT2D eigenvalue weighted by atomic mass is 9.95. The zero-order valence-corrected chi connectivity index (χ0v) is 14.7. The fourth-order valence-electron chi connectivity index (χ4n) is 2.89. The van der Waals surface area contributed by atoms with E-state index in [4.69, 9.17) is 5.73 Å². The molecule has 0 heterocycles. The maximum absolute atomic E-state index is 14.4. The fraction of sp³-hybridized carbons (Fsp3) is 0.316. The third kappa shape index (κ3) is 4.17. The maximum Gasteiger partial charge on any atom is 0.254 e. The molecular formula is C19H21ClF2N2O. The zero-order chi connectivity index (χ0) is 17.3. The third-order valence-electron chi connectivity index (χ3n) is 4.69. The van der Waals surface area contributed by atoms with Gasteiger partial charge in [0.1, 0.15) is 11.6 Å². The number of halogens is 3. The van der Waals surface area contributed by atoms with Crippen LogP contribution >= 0.6 is 12.4 Å². The highest BCUT2D eigenvalue weighted by Gasteiger charge is 2.41. The van der Waals surface area contributed by atoms with Crippen LogP contribution in [0.4, 0.5) is 8.78 Å². The van der Waals surface area contributed by atoms with E-state index in [0.717, 1.165) is 12.8 Å². The molecule has 1 aliphatic carbocycles. The van der Waals surface area contributed by atoms with E-state index in [1.807, 2.05) is 6.92 Å². The number of benzene rings is 2. The van der Waals surface area contributed by atoms with Gasteiger partial charge in [-0.15, -0.1) is 12.4 Å². The molecule has 0 radical (unpaired) electrons. The summed E-state index contributed by atoms with van der Waals surface area (Å²) < 4.78 is 27.4. The molecule has 6 heteroatoms. The molecule has 1 aliphatic rings. The highest BCUT2D eigenvalue weighted by Crippen LogP contribution is 2.39. The van der Waals surface area contributed by atoms with Crippen molar-refractivity contribution < 1.29 is 13.6 Å². The van der Waals surface area contributed by atoms with E-state index in [0.29, 0.717) is 23.6 Å². The summed E-state index contributed by atoms with van der Waals surface area (Å²) in [6, 6.07) is 10.2. The topological polar surface area (TPSA) is 55.1 Å². The Hall–Kier alpha value is -1.98. The van der Waals surface area contributed by atoms with Crippen molar-refractivity contribution in [3.63, 3.8) is 0 Å². The number of amides is 1. The predicted molar refractivity (Wildman–Crippen MR) is 96.7 cm³/mol. The van der Waals surface area contributed by atoms with Crippen LogP contribution in [0, 0.1) is 17.6 Å². The van der Waals surface area contributed by atoms with Crippen LogP contribution in [0.3, 0.4) is 0 Å². The molecule has 1 unspecified atom stereocenters. The Morgan fingerprint density at radius 3 is 2.28 bits per heavy atom. The van der Waals surface area contributed by atoms with Gasteiger partial charge in [0, 0.05) is 6.54 Å². The summed E-state index contributed by atoms with van der Waals surface area (Å²) >= 11 is 0. The van der Waals surface area contributed by atoms with Crippen LogP contribution in [0.2, 0.25) is 0 Å². The minimum absolute atomic E-state index is 0. The van der Waals surface area contributed by atoms with Crippen molar-refractivity contribution in [3.8, 4) is 11.1 Å². The van der Waals surface area contributed by atoms with E-state index in [1.165, 1.54) is 24.3 Å². The highest BCUT2D eigenvalue weighted by molar-refractivity contribution is 5.95. The van der Waals surface area contributed by atoms with E-state index in [-0.39, 0.29) is 23.8 Å². The van der Waals surface area contributed by atoms with E-state index in [1.54, 1.807) is 18.2 Å². The number of hydrogen-bond acceptors (Lipinski definition) is 2. The molecule has 1 amide bonds. The first kappa shape index (κ1) is 19.3. The molecule has 0 spiro atoms. The number of nitrogens with one attached hydrogen (secondary N) is 1. The number of carbonyl (C=O) groups excluding carboxylic acids is 1. The van der Waals surface area contributed by atoms with Crippen molar-refractivity contribution in [1.82, 2.24) is 5.32 Å². The first-order valence-corrected chi connectivity index (χ1v) is 8.01. The van der Waals surface area contributed by atoms with Crippen LogP contribution in [-0.4, -0.2) is 18.0 Å². The number of hydrogen-bond donors (Lipinski definition) is 2. The van der Waals surface area contributed by atoms with Crippen molar-refractivity contribution in [3.05, 3.63) is 59.7 Å². The molecular weight excluding hydrogens is 346 g/mol. The lowest BCUT2D eigenvalue weighted by Crippen LogP contribution is -2.53. The minimum Gasteiger partial charge on any atom is -0.345 e. The van der Waals surface area contributed by atoms with Crippen LogP contribution in [0.15, 0.2) is 42.5 Å². The second-order valence-electron chi connectivity index (χ2n) is 6.55. The maximum atomic E-state index is 14.4. The normalized spacial score (nSPS) is 15.8. The Kier molecular flexibility index (Phi) is 5.80. The van der Waals surface area contributed by atoms with Gasteiger partial charge in [-0.2, -0.15) is 0 Å². The van der Waals surface area contributed by atoms with Gasteiger partial charge < -0.3 is 11.1 Å². The largest absolute Gasteiger partial charge is 0.345 e. The van der Waals surface area contributed by atoms with Crippen molar-refractivity contribution in [1.29, 1.82) is 0 Å². The molecule has 2 aromatic rings. The van der Waals surface area contributed by atoms with Gasteiger partial charge in [0.05, 0.1) is 11.1 Å². The quantitative estimate of drug-likeness (QED) is 0.842. The van der Waals surface area contributed by atoms with Crippen molar-refractivity contribution in [2.24, 2.45) is 11.7 Å². The molecule has 134 valence electrons. The second-order valence-corrected chi connectivity index (χ2v) is 6.55.